The van der Waals surface area contributed by atoms with Crippen LogP contribution in [0.1, 0.15) is 11.3 Å². The molecule has 114 valence electrons. The molecule has 1 heterocycles. The number of hydrogen-bond donors (Lipinski definition) is 1. The van der Waals surface area contributed by atoms with Gasteiger partial charge in [-0.2, -0.15) is 0 Å². The number of aliphatic hydroxyl groups is 1. The third kappa shape index (κ3) is 3.67. The first-order valence-corrected chi connectivity index (χ1v) is 7.24. The summed E-state index contributed by atoms with van der Waals surface area (Å²) in [5, 5.41) is 10.4. The van der Waals surface area contributed by atoms with E-state index >= 15 is 0 Å². The van der Waals surface area contributed by atoms with E-state index in [1.165, 1.54) is 12.2 Å². The molecule has 0 fully saturated rings. The summed E-state index contributed by atoms with van der Waals surface area (Å²) in [4.78, 5) is 16.1. The standard InChI is InChI=1S/C18H12ClNO3/c19-13-7-9-17-15(10-13)20-16(18(22)23-17)11-14(21)8-6-12-4-2-1-3-5-12/h1-11,21H/b8-6+,14-11?. The molecular weight excluding hydrogens is 314 g/mol. The molecular formula is C18H12ClNO3. The highest BCUT2D eigenvalue weighted by molar-refractivity contribution is 6.31. The molecule has 0 saturated carbocycles. The van der Waals surface area contributed by atoms with Gasteiger partial charge in [0.1, 0.15) is 11.3 Å². The summed E-state index contributed by atoms with van der Waals surface area (Å²) in [7, 11) is 0. The zero-order valence-electron chi connectivity index (χ0n) is 11.9. The van der Waals surface area contributed by atoms with Gasteiger partial charge in [-0.3, -0.25) is 0 Å². The summed E-state index contributed by atoms with van der Waals surface area (Å²) in [5.74, 6) is -0.102. The van der Waals surface area contributed by atoms with Gasteiger partial charge in [0.05, 0.1) is 0 Å². The number of halogens is 1. The normalized spacial score (nSPS) is 12.1. The minimum Gasteiger partial charge on any atom is -0.508 e. The van der Waals surface area contributed by atoms with E-state index in [0.717, 1.165) is 5.56 Å². The monoisotopic (exact) mass is 325 g/mol. The number of hydrogen-bond acceptors (Lipinski definition) is 4. The summed E-state index contributed by atoms with van der Waals surface area (Å²) in [5.41, 5.74) is 1.10. The van der Waals surface area contributed by atoms with Crippen molar-refractivity contribution in [3.8, 4) is 0 Å². The van der Waals surface area contributed by atoms with E-state index in [0.29, 0.717) is 16.1 Å². The van der Waals surface area contributed by atoms with E-state index in [1.54, 1.807) is 24.3 Å². The van der Waals surface area contributed by atoms with Crippen molar-refractivity contribution in [3.63, 3.8) is 0 Å². The molecule has 0 bridgehead atoms. The molecule has 5 heteroatoms. The fraction of sp³-hybridized carbons (Fsp3) is 0. The summed E-state index contributed by atoms with van der Waals surface area (Å²) >= 11 is 5.90. The van der Waals surface area contributed by atoms with Crippen LogP contribution in [0.15, 0.2) is 69.6 Å². The van der Waals surface area contributed by atoms with Crippen molar-refractivity contribution < 1.29 is 9.52 Å². The highest BCUT2D eigenvalue weighted by atomic mass is 35.5. The minimum absolute atomic E-state index is 0.00924. The van der Waals surface area contributed by atoms with Gasteiger partial charge in [-0.15, -0.1) is 0 Å². The molecule has 4 nitrogen and oxygen atoms in total. The lowest BCUT2D eigenvalue weighted by Gasteiger charge is -1.99. The predicted molar refractivity (Wildman–Crippen MR) is 91.4 cm³/mol. The van der Waals surface area contributed by atoms with Crippen LogP contribution in [0.4, 0.5) is 0 Å². The quantitative estimate of drug-likeness (QED) is 0.570. The Labute approximate surface area is 137 Å². The first kappa shape index (κ1) is 15.1. The van der Waals surface area contributed by atoms with Crippen molar-refractivity contribution in [2.75, 3.05) is 0 Å². The van der Waals surface area contributed by atoms with Gasteiger partial charge in [0.25, 0.3) is 0 Å². The molecule has 3 rings (SSSR count). The average molecular weight is 326 g/mol. The summed E-state index contributed by atoms with van der Waals surface area (Å²) in [6.45, 7) is 0. The first-order valence-electron chi connectivity index (χ1n) is 6.86. The molecule has 1 aromatic heterocycles. The molecule has 1 N–H and O–H groups in total. The highest BCUT2D eigenvalue weighted by Gasteiger charge is 2.06. The first-order chi connectivity index (χ1) is 11.1. The van der Waals surface area contributed by atoms with E-state index in [4.69, 9.17) is 16.0 Å². The minimum atomic E-state index is -0.625. The number of benzene rings is 2. The van der Waals surface area contributed by atoms with Crippen molar-refractivity contribution >= 4 is 34.9 Å². The SMILES string of the molecule is O=c1oc2ccc(Cl)cc2nc1C=C(O)/C=C/c1ccccc1. The number of aromatic nitrogens is 1. The van der Waals surface area contributed by atoms with Gasteiger partial charge in [-0.05, 0) is 29.8 Å². The third-order valence-corrected chi connectivity index (χ3v) is 3.34. The van der Waals surface area contributed by atoms with Crippen LogP contribution in [0.5, 0.6) is 0 Å². The lowest BCUT2D eigenvalue weighted by atomic mass is 10.2. The zero-order valence-corrected chi connectivity index (χ0v) is 12.7. The molecule has 0 aliphatic carbocycles. The van der Waals surface area contributed by atoms with E-state index in [1.807, 2.05) is 30.3 Å². The maximum Gasteiger partial charge on any atom is 0.362 e. The molecule has 0 aliphatic heterocycles. The highest BCUT2D eigenvalue weighted by Crippen LogP contribution is 2.17. The molecule has 0 saturated heterocycles. The Morgan fingerprint density at radius 2 is 1.96 bits per heavy atom. The largest absolute Gasteiger partial charge is 0.508 e. The number of allylic oxidation sites excluding steroid dienone is 1. The Kier molecular flexibility index (Phi) is 4.26. The second-order valence-corrected chi connectivity index (χ2v) is 5.25. The van der Waals surface area contributed by atoms with E-state index in [2.05, 4.69) is 4.98 Å². The Morgan fingerprint density at radius 3 is 2.74 bits per heavy atom. The Morgan fingerprint density at radius 1 is 1.17 bits per heavy atom. The van der Waals surface area contributed by atoms with E-state index in [-0.39, 0.29) is 11.5 Å². The van der Waals surface area contributed by atoms with E-state index in [9.17, 15) is 9.90 Å². The molecule has 0 unspecified atom stereocenters. The molecule has 0 spiro atoms. The third-order valence-electron chi connectivity index (χ3n) is 3.10. The van der Waals surface area contributed by atoms with Gasteiger partial charge < -0.3 is 9.52 Å². The van der Waals surface area contributed by atoms with Gasteiger partial charge in [-0.25, -0.2) is 9.78 Å². The topological polar surface area (TPSA) is 63.3 Å². The van der Waals surface area contributed by atoms with Gasteiger partial charge >= 0.3 is 5.63 Å². The van der Waals surface area contributed by atoms with Crippen LogP contribution in [-0.4, -0.2) is 10.1 Å². The average Bonchev–Trinajstić information content (AvgIpc) is 2.55. The van der Waals surface area contributed by atoms with Crippen LogP contribution in [0, 0.1) is 0 Å². The smallest absolute Gasteiger partial charge is 0.362 e. The fourth-order valence-corrected chi connectivity index (χ4v) is 2.18. The molecule has 3 aromatic rings. The lowest BCUT2D eigenvalue weighted by Crippen LogP contribution is -2.06. The molecule has 0 amide bonds. The number of aliphatic hydroxyl groups excluding tert-OH is 1. The van der Waals surface area contributed by atoms with Crippen LogP contribution < -0.4 is 5.63 Å². The van der Waals surface area contributed by atoms with Crippen molar-refractivity contribution in [1.82, 2.24) is 4.98 Å². The molecule has 23 heavy (non-hydrogen) atoms. The van der Waals surface area contributed by atoms with Crippen LogP contribution in [0.3, 0.4) is 0 Å². The number of rotatable bonds is 3. The zero-order chi connectivity index (χ0) is 16.2. The van der Waals surface area contributed by atoms with Crippen LogP contribution >= 0.6 is 11.6 Å². The van der Waals surface area contributed by atoms with Crippen molar-refractivity contribution in [3.05, 3.63) is 87.1 Å². The van der Waals surface area contributed by atoms with Crippen molar-refractivity contribution in [1.29, 1.82) is 0 Å². The maximum absolute atomic E-state index is 11.9. The fourth-order valence-electron chi connectivity index (χ4n) is 2.02. The van der Waals surface area contributed by atoms with E-state index < -0.39 is 5.63 Å². The van der Waals surface area contributed by atoms with Gasteiger partial charge in [0.15, 0.2) is 11.3 Å². The lowest BCUT2D eigenvalue weighted by molar-refractivity contribution is 0.437. The van der Waals surface area contributed by atoms with Gasteiger partial charge in [0, 0.05) is 11.1 Å². The van der Waals surface area contributed by atoms with Crippen molar-refractivity contribution in [2.45, 2.75) is 0 Å². The van der Waals surface area contributed by atoms with Crippen LogP contribution in [-0.2, 0) is 0 Å². The van der Waals surface area contributed by atoms with Crippen molar-refractivity contribution in [2.24, 2.45) is 0 Å². The second kappa shape index (κ2) is 6.50. The summed E-state index contributed by atoms with van der Waals surface area (Å²) in [6, 6.07) is 14.3. The second-order valence-electron chi connectivity index (χ2n) is 4.81. The van der Waals surface area contributed by atoms with Crippen LogP contribution in [0.25, 0.3) is 23.3 Å². The Bertz CT molecular complexity index is 959. The number of nitrogens with zero attached hydrogens (tertiary/aromatic N) is 1. The summed E-state index contributed by atoms with van der Waals surface area (Å²) in [6.07, 6.45) is 4.47. The predicted octanol–water partition coefficient (Wildman–Crippen LogP) is 4.45. The van der Waals surface area contributed by atoms with Crippen LogP contribution in [0.2, 0.25) is 5.02 Å². The molecule has 2 aromatic carbocycles. The Hall–Kier alpha value is -2.85. The maximum atomic E-state index is 11.9. The molecule has 0 atom stereocenters. The molecule has 0 radical (unpaired) electrons. The number of fused-ring (bicyclic) bond motifs is 1. The van der Waals surface area contributed by atoms with Gasteiger partial charge in [0.2, 0.25) is 0 Å². The van der Waals surface area contributed by atoms with Gasteiger partial charge in [-0.1, -0.05) is 48.0 Å². The molecule has 0 aliphatic rings. The summed E-state index contributed by atoms with van der Waals surface area (Å²) < 4.78 is 5.15. The Balaban J connectivity index is 1.94.